The summed E-state index contributed by atoms with van der Waals surface area (Å²) in [7, 11) is -4.88. The van der Waals surface area contributed by atoms with Crippen LogP contribution in [0.25, 0.3) is 0 Å². The molecule has 0 aromatic rings. The number of alkyl halides is 18. The topological polar surface area (TPSA) is 27.7 Å². The molecule has 0 saturated carbocycles. The molecular formula is C16H18F18O3Si. The Morgan fingerprint density at radius 1 is 0.474 bits per heavy atom. The Labute approximate surface area is 202 Å². The van der Waals surface area contributed by atoms with Gasteiger partial charge in [-0.1, -0.05) is 0 Å². The van der Waals surface area contributed by atoms with Crippen LogP contribution in [0, 0.1) is 0 Å². The van der Waals surface area contributed by atoms with E-state index in [0.29, 0.717) is 0 Å². The van der Waals surface area contributed by atoms with E-state index in [4.69, 9.17) is 13.3 Å². The van der Waals surface area contributed by atoms with E-state index in [0.717, 1.165) is 20.8 Å². The zero-order valence-electron chi connectivity index (χ0n) is 18.9. The smallest absolute Gasteiger partial charge is 0.374 e. The molecule has 1 unspecified atom stereocenters. The van der Waals surface area contributed by atoms with E-state index in [-0.39, 0.29) is 0 Å². The molecule has 0 heterocycles. The van der Waals surface area contributed by atoms with Gasteiger partial charge in [-0.05, 0) is 20.8 Å². The van der Waals surface area contributed by atoms with Gasteiger partial charge in [-0.15, -0.1) is 0 Å². The maximum Gasteiger partial charge on any atom is 0.504 e. The maximum atomic E-state index is 14.3. The van der Waals surface area contributed by atoms with Crippen LogP contribution in [-0.4, -0.2) is 82.4 Å². The molecule has 0 aromatic carbocycles. The molecular weight excluding hydrogens is 610 g/mol. The van der Waals surface area contributed by atoms with E-state index in [1.807, 2.05) is 0 Å². The first-order chi connectivity index (χ1) is 16.6. The van der Waals surface area contributed by atoms with Gasteiger partial charge >= 0.3 is 56.4 Å². The van der Waals surface area contributed by atoms with Crippen molar-refractivity contribution < 1.29 is 92.3 Å². The van der Waals surface area contributed by atoms with Gasteiger partial charge in [0.2, 0.25) is 0 Å². The molecule has 22 heteroatoms. The van der Waals surface area contributed by atoms with E-state index < -0.39 is 88.5 Å². The predicted molar refractivity (Wildman–Crippen MR) is 91.0 cm³/mol. The summed E-state index contributed by atoms with van der Waals surface area (Å²) >= 11 is 0. The van der Waals surface area contributed by atoms with Gasteiger partial charge in [-0.3, -0.25) is 0 Å². The van der Waals surface area contributed by atoms with Crippen LogP contribution < -0.4 is 0 Å². The van der Waals surface area contributed by atoms with E-state index in [9.17, 15) is 79.0 Å². The zero-order chi connectivity index (χ0) is 31.0. The minimum Gasteiger partial charge on any atom is -0.374 e. The highest BCUT2D eigenvalue weighted by atomic mass is 28.4. The molecule has 0 aliphatic heterocycles. The molecule has 0 saturated heterocycles. The van der Waals surface area contributed by atoms with Crippen molar-refractivity contribution in [1.29, 1.82) is 0 Å². The average Bonchev–Trinajstić information content (AvgIpc) is 2.72. The van der Waals surface area contributed by atoms with Crippen molar-refractivity contribution in [3.63, 3.8) is 0 Å². The Bertz CT molecular complexity index is 767. The molecule has 0 amide bonds. The second-order valence-electron chi connectivity index (χ2n) is 7.22. The zero-order valence-corrected chi connectivity index (χ0v) is 19.9. The monoisotopic (exact) mass is 628 g/mol. The molecule has 1 atom stereocenters. The number of hydrogen-bond donors (Lipinski definition) is 0. The van der Waals surface area contributed by atoms with Crippen molar-refractivity contribution in [2.75, 3.05) is 19.8 Å². The predicted octanol–water partition coefficient (Wildman–Crippen LogP) is 7.38. The van der Waals surface area contributed by atoms with Crippen LogP contribution in [0.4, 0.5) is 79.0 Å². The molecule has 0 aliphatic carbocycles. The van der Waals surface area contributed by atoms with Crippen LogP contribution >= 0.6 is 0 Å². The summed E-state index contributed by atoms with van der Waals surface area (Å²) in [6.07, 6.45) is -12.7. The van der Waals surface area contributed by atoms with E-state index >= 15 is 0 Å². The maximum absolute atomic E-state index is 14.3. The van der Waals surface area contributed by atoms with Gasteiger partial charge in [-0.25, -0.2) is 4.39 Å². The second kappa shape index (κ2) is 11.0. The number of halogens is 18. The normalized spacial score (nSPS) is 16.7. The Balaban J connectivity index is 6.78. The summed E-state index contributed by atoms with van der Waals surface area (Å²) in [5.41, 5.74) is 0. The molecule has 0 N–H and O–H groups in total. The first-order valence-electron chi connectivity index (χ1n) is 9.83. The van der Waals surface area contributed by atoms with Gasteiger partial charge in [0.05, 0.1) is 6.04 Å². The van der Waals surface area contributed by atoms with Crippen molar-refractivity contribution in [2.45, 2.75) is 80.6 Å². The molecule has 0 rings (SSSR count). The molecule has 230 valence electrons. The highest BCUT2D eigenvalue weighted by Gasteiger charge is 2.95. The molecule has 0 fully saturated rings. The Kier molecular flexibility index (Phi) is 10.7. The Hall–Kier alpha value is -1.16. The summed E-state index contributed by atoms with van der Waals surface area (Å²) in [4.78, 5) is 0. The van der Waals surface area contributed by atoms with Gasteiger partial charge < -0.3 is 13.3 Å². The van der Waals surface area contributed by atoms with Crippen molar-refractivity contribution in [1.82, 2.24) is 0 Å². The van der Waals surface area contributed by atoms with Crippen LogP contribution in [0.15, 0.2) is 0 Å². The largest absolute Gasteiger partial charge is 0.504 e. The van der Waals surface area contributed by atoms with Crippen LogP contribution in [0.1, 0.15) is 20.8 Å². The molecule has 0 aromatic heterocycles. The fourth-order valence-electron chi connectivity index (χ4n) is 2.68. The van der Waals surface area contributed by atoms with Crippen LogP contribution in [0.3, 0.4) is 0 Å². The van der Waals surface area contributed by atoms with Gasteiger partial charge in [-0.2, -0.15) is 74.6 Å². The fraction of sp³-hybridized carbons (Fsp3) is 1.00. The minimum atomic E-state index is -8.78. The first kappa shape index (κ1) is 36.8. The van der Waals surface area contributed by atoms with Gasteiger partial charge in [0, 0.05) is 19.8 Å². The standard InChI is InChI=1S/C16H18F18O3Si/c1-4-35-38(36-5-2,37-6-3)7-8(17)9(18,19)10(20,21)11(22,23)12(24,25)13(26,27)14(28,29)15(30,31)16(32,33)34/h8H,4-7H2,1-3H3. The molecule has 0 spiro atoms. The van der Waals surface area contributed by atoms with Crippen LogP contribution in [-0.2, 0) is 13.3 Å². The van der Waals surface area contributed by atoms with Crippen LogP contribution in [0.2, 0.25) is 6.04 Å². The van der Waals surface area contributed by atoms with E-state index in [1.54, 1.807) is 0 Å². The van der Waals surface area contributed by atoms with E-state index in [1.165, 1.54) is 0 Å². The summed E-state index contributed by atoms with van der Waals surface area (Å²) in [5.74, 6) is -58.4. The van der Waals surface area contributed by atoms with Crippen molar-refractivity contribution >= 4 is 8.80 Å². The Morgan fingerprint density at radius 2 is 0.737 bits per heavy atom. The van der Waals surface area contributed by atoms with Gasteiger partial charge in [0.25, 0.3) is 0 Å². The lowest BCUT2D eigenvalue weighted by Gasteiger charge is -2.43. The number of rotatable bonds is 15. The highest BCUT2D eigenvalue weighted by molar-refractivity contribution is 6.60. The third kappa shape index (κ3) is 5.54. The molecule has 0 radical (unpaired) electrons. The van der Waals surface area contributed by atoms with Crippen molar-refractivity contribution in [3.8, 4) is 0 Å². The summed E-state index contributed by atoms with van der Waals surface area (Å²) < 4.78 is 255. The lowest BCUT2D eigenvalue weighted by atomic mass is 9.88. The third-order valence-corrected chi connectivity index (χ3v) is 7.71. The summed E-state index contributed by atoms with van der Waals surface area (Å²) in [5, 5.41) is 0. The summed E-state index contributed by atoms with van der Waals surface area (Å²) in [6.45, 7) is 1.45. The van der Waals surface area contributed by atoms with Gasteiger partial charge in [0.1, 0.15) is 0 Å². The van der Waals surface area contributed by atoms with Crippen molar-refractivity contribution in [3.05, 3.63) is 0 Å². The lowest BCUT2D eigenvalue weighted by Crippen LogP contribution is -2.75. The lowest BCUT2D eigenvalue weighted by molar-refractivity contribution is -0.463. The Morgan fingerprint density at radius 3 is 1.00 bits per heavy atom. The van der Waals surface area contributed by atoms with Crippen LogP contribution in [0.5, 0.6) is 0 Å². The average molecular weight is 628 g/mol. The quantitative estimate of drug-likeness (QED) is 0.140. The number of hydrogen-bond acceptors (Lipinski definition) is 3. The molecule has 38 heavy (non-hydrogen) atoms. The summed E-state index contributed by atoms with van der Waals surface area (Å²) in [6, 6.07) is -2.24. The third-order valence-electron chi connectivity index (χ3n) is 4.66. The highest BCUT2D eigenvalue weighted by Crippen LogP contribution is 2.64. The molecule has 3 nitrogen and oxygen atoms in total. The minimum absolute atomic E-state index is 0.593. The molecule has 0 bridgehead atoms. The molecule has 0 aliphatic rings. The SMILES string of the molecule is CCO[Si](CC(F)C(F)(F)C(F)(F)C(F)(F)C(F)(F)C(F)(F)C(F)(F)C(F)(F)C(F)(F)F)(OCC)OCC. The first-order valence-corrected chi connectivity index (χ1v) is 11.8. The fourth-order valence-corrected chi connectivity index (χ4v) is 5.30. The second-order valence-corrected chi connectivity index (χ2v) is 9.86. The van der Waals surface area contributed by atoms with Gasteiger partial charge in [0.15, 0.2) is 6.17 Å². The van der Waals surface area contributed by atoms with Crippen molar-refractivity contribution in [2.24, 2.45) is 0 Å². The van der Waals surface area contributed by atoms with E-state index in [2.05, 4.69) is 0 Å².